The molecule has 0 fully saturated rings. The van der Waals surface area contributed by atoms with Crippen molar-refractivity contribution in [2.45, 2.75) is 33.4 Å². The number of fused-ring (bicyclic) bond motifs is 2. The lowest BCUT2D eigenvalue weighted by Crippen LogP contribution is -2.33. The largest absolute Gasteiger partial charge is 0.354 e. The summed E-state index contributed by atoms with van der Waals surface area (Å²) in [5, 5.41) is 4.74. The van der Waals surface area contributed by atoms with Crippen LogP contribution in [0.25, 0.3) is 21.1 Å². The number of benzene rings is 1. The van der Waals surface area contributed by atoms with Gasteiger partial charge in [0.1, 0.15) is 11.4 Å². The van der Waals surface area contributed by atoms with Crippen molar-refractivity contribution in [2.24, 2.45) is 0 Å². The van der Waals surface area contributed by atoms with Crippen molar-refractivity contribution in [3.63, 3.8) is 0 Å². The van der Waals surface area contributed by atoms with E-state index in [0.717, 1.165) is 28.2 Å². The highest BCUT2D eigenvalue weighted by atomic mass is 32.1. The predicted molar refractivity (Wildman–Crippen MR) is 113 cm³/mol. The summed E-state index contributed by atoms with van der Waals surface area (Å²) in [6, 6.07) is 10.3. The molecule has 1 N–H and O–H groups in total. The summed E-state index contributed by atoms with van der Waals surface area (Å²) in [5.74, 6) is -0.176. The summed E-state index contributed by atoms with van der Waals surface area (Å²) in [5.41, 5.74) is 1.99. The van der Waals surface area contributed by atoms with Gasteiger partial charge in [-0.15, -0.1) is 11.3 Å². The highest BCUT2D eigenvalue weighted by Crippen LogP contribution is 2.25. The Balaban J connectivity index is 1.35. The van der Waals surface area contributed by atoms with E-state index in [1.54, 1.807) is 0 Å². The zero-order valence-electron chi connectivity index (χ0n) is 15.9. The normalized spacial score (nSPS) is 11.4. The van der Waals surface area contributed by atoms with Crippen molar-refractivity contribution in [3.05, 3.63) is 63.7 Å². The van der Waals surface area contributed by atoms with Crippen molar-refractivity contribution in [1.29, 1.82) is 0 Å². The molecule has 6 nitrogen and oxygen atoms in total. The van der Waals surface area contributed by atoms with E-state index in [4.69, 9.17) is 0 Å². The number of thiophene rings is 1. The molecule has 0 bridgehead atoms. The van der Waals surface area contributed by atoms with Gasteiger partial charge in [0.2, 0.25) is 5.91 Å². The molecule has 0 radical (unpaired) electrons. The second kappa shape index (κ2) is 7.59. The topological polar surface area (TPSA) is 68.9 Å². The Bertz CT molecular complexity index is 1220. The quantitative estimate of drug-likeness (QED) is 0.511. The number of hydrogen-bond acceptors (Lipinski definition) is 4. The Labute approximate surface area is 166 Å². The van der Waals surface area contributed by atoms with Gasteiger partial charge in [0.05, 0.1) is 11.7 Å². The Morgan fingerprint density at radius 3 is 2.86 bits per heavy atom. The van der Waals surface area contributed by atoms with Gasteiger partial charge in [0.25, 0.3) is 5.56 Å². The number of aryl methyl sites for hydroxylation is 3. The minimum absolute atomic E-state index is 0.0114. The fourth-order valence-corrected chi connectivity index (χ4v) is 4.39. The van der Waals surface area contributed by atoms with Crippen LogP contribution in [-0.4, -0.2) is 26.6 Å². The van der Waals surface area contributed by atoms with Gasteiger partial charge in [-0.2, -0.15) is 0 Å². The number of rotatable bonds is 6. The van der Waals surface area contributed by atoms with Crippen LogP contribution >= 0.6 is 11.3 Å². The third kappa shape index (κ3) is 3.45. The molecule has 7 heteroatoms. The summed E-state index contributed by atoms with van der Waals surface area (Å²) in [6.07, 6.45) is 4.35. The number of carbonyl (C=O) groups excluding carboxylic acids is 1. The molecule has 144 valence electrons. The molecule has 28 heavy (non-hydrogen) atoms. The van der Waals surface area contributed by atoms with E-state index in [2.05, 4.69) is 39.3 Å². The fourth-order valence-electron chi connectivity index (χ4n) is 3.41. The van der Waals surface area contributed by atoms with Gasteiger partial charge in [-0.25, -0.2) is 4.98 Å². The van der Waals surface area contributed by atoms with E-state index in [1.807, 2.05) is 26.0 Å². The molecule has 0 atom stereocenters. The molecule has 0 spiro atoms. The SMILES string of the molecule is Cc1sc2ncn(CC(=O)NCCCn3ccc4ccccc43)c(=O)c2c1C. The van der Waals surface area contributed by atoms with Crippen molar-refractivity contribution >= 4 is 38.4 Å². The van der Waals surface area contributed by atoms with Gasteiger partial charge in [-0.1, -0.05) is 18.2 Å². The average Bonchev–Trinajstić information content (AvgIpc) is 3.23. The van der Waals surface area contributed by atoms with E-state index in [0.29, 0.717) is 11.9 Å². The second-order valence-corrected chi connectivity index (χ2v) is 8.12. The van der Waals surface area contributed by atoms with Crippen LogP contribution in [-0.2, 0) is 17.9 Å². The lowest BCUT2D eigenvalue weighted by atomic mass is 10.2. The molecule has 0 saturated heterocycles. The van der Waals surface area contributed by atoms with Gasteiger partial charge >= 0.3 is 0 Å². The monoisotopic (exact) mass is 394 g/mol. The maximum Gasteiger partial charge on any atom is 0.262 e. The number of carbonyl (C=O) groups is 1. The first-order valence-electron chi connectivity index (χ1n) is 9.30. The number of amides is 1. The van der Waals surface area contributed by atoms with E-state index in [1.165, 1.54) is 33.1 Å². The smallest absolute Gasteiger partial charge is 0.262 e. The van der Waals surface area contributed by atoms with Crippen LogP contribution in [0.2, 0.25) is 0 Å². The molecule has 0 aliphatic rings. The lowest BCUT2D eigenvalue weighted by Gasteiger charge is -2.09. The summed E-state index contributed by atoms with van der Waals surface area (Å²) < 4.78 is 3.57. The fraction of sp³-hybridized carbons (Fsp3) is 0.286. The van der Waals surface area contributed by atoms with Gasteiger partial charge in [0.15, 0.2) is 0 Å². The first-order chi connectivity index (χ1) is 13.5. The molecule has 1 amide bonds. The minimum Gasteiger partial charge on any atom is -0.354 e. The Morgan fingerprint density at radius 1 is 1.18 bits per heavy atom. The first-order valence-corrected chi connectivity index (χ1v) is 10.1. The van der Waals surface area contributed by atoms with Crippen LogP contribution in [0.1, 0.15) is 16.9 Å². The molecular formula is C21H22N4O2S. The summed E-state index contributed by atoms with van der Waals surface area (Å²) in [4.78, 5) is 31.1. The number of nitrogens with one attached hydrogen (secondary N) is 1. The van der Waals surface area contributed by atoms with Crippen molar-refractivity contribution in [1.82, 2.24) is 19.4 Å². The van der Waals surface area contributed by atoms with Crippen molar-refractivity contribution in [2.75, 3.05) is 6.54 Å². The van der Waals surface area contributed by atoms with Gasteiger partial charge in [0, 0.05) is 29.7 Å². The zero-order valence-corrected chi connectivity index (χ0v) is 16.8. The van der Waals surface area contributed by atoms with Crippen molar-refractivity contribution < 1.29 is 4.79 Å². The molecule has 0 unspecified atom stereocenters. The number of nitrogens with zero attached hydrogens (tertiary/aromatic N) is 3. The Kier molecular flexibility index (Phi) is 5.00. The molecule has 3 aromatic heterocycles. The van der Waals surface area contributed by atoms with Crippen LogP contribution in [0.4, 0.5) is 0 Å². The maximum atomic E-state index is 12.7. The van der Waals surface area contributed by atoms with Crippen LogP contribution in [0.3, 0.4) is 0 Å². The van der Waals surface area contributed by atoms with E-state index < -0.39 is 0 Å². The standard InChI is InChI=1S/C21H22N4O2S/c1-14-15(2)28-20-19(14)21(27)25(13-23-20)12-18(26)22-9-5-10-24-11-8-16-6-3-4-7-17(16)24/h3-4,6-8,11,13H,5,9-10,12H2,1-2H3,(H,22,26). The summed E-state index contributed by atoms with van der Waals surface area (Å²) in [6.45, 7) is 5.28. The molecule has 0 aliphatic heterocycles. The van der Waals surface area contributed by atoms with Crippen LogP contribution < -0.4 is 10.9 Å². The van der Waals surface area contributed by atoms with E-state index >= 15 is 0 Å². The third-order valence-electron chi connectivity index (χ3n) is 5.05. The molecule has 3 heterocycles. The highest BCUT2D eigenvalue weighted by Gasteiger charge is 2.13. The van der Waals surface area contributed by atoms with E-state index in [9.17, 15) is 9.59 Å². The lowest BCUT2D eigenvalue weighted by molar-refractivity contribution is -0.121. The highest BCUT2D eigenvalue weighted by molar-refractivity contribution is 7.18. The zero-order chi connectivity index (χ0) is 19.7. The van der Waals surface area contributed by atoms with Crippen LogP contribution in [0.15, 0.2) is 47.7 Å². The molecule has 1 aromatic carbocycles. The van der Waals surface area contributed by atoms with Crippen molar-refractivity contribution in [3.8, 4) is 0 Å². The first kappa shape index (κ1) is 18.4. The second-order valence-electron chi connectivity index (χ2n) is 6.91. The van der Waals surface area contributed by atoms with Gasteiger partial charge in [-0.3, -0.25) is 14.2 Å². The minimum atomic E-state index is -0.176. The number of aromatic nitrogens is 3. The average molecular weight is 395 g/mol. The molecule has 0 saturated carbocycles. The van der Waals surface area contributed by atoms with E-state index in [-0.39, 0.29) is 18.0 Å². The molecule has 4 rings (SSSR count). The molecular weight excluding hydrogens is 372 g/mol. The predicted octanol–water partition coefficient (Wildman–Crippen LogP) is 3.24. The van der Waals surface area contributed by atoms with Gasteiger partial charge < -0.3 is 9.88 Å². The number of para-hydroxylation sites is 1. The Morgan fingerprint density at radius 2 is 2.00 bits per heavy atom. The van der Waals surface area contributed by atoms with Crippen LogP contribution in [0.5, 0.6) is 0 Å². The van der Waals surface area contributed by atoms with Gasteiger partial charge in [-0.05, 0) is 43.4 Å². The maximum absolute atomic E-state index is 12.7. The number of hydrogen-bond donors (Lipinski definition) is 1. The molecule has 4 aromatic rings. The third-order valence-corrected chi connectivity index (χ3v) is 6.16. The Hall–Kier alpha value is -2.93. The summed E-state index contributed by atoms with van der Waals surface area (Å²) in [7, 11) is 0. The summed E-state index contributed by atoms with van der Waals surface area (Å²) >= 11 is 1.51. The molecule has 0 aliphatic carbocycles. The van der Waals surface area contributed by atoms with Crippen LogP contribution in [0, 0.1) is 13.8 Å².